The number of hydrogen-bond acceptors (Lipinski definition) is 14. The van der Waals surface area contributed by atoms with E-state index in [9.17, 15) is 33.9 Å². The van der Waals surface area contributed by atoms with Crippen molar-refractivity contribution in [3.8, 4) is 17.1 Å². The van der Waals surface area contributed by atoms with E-state index in [1.54, 1.807) is 50.1 Å². The molecular formula is C49H62N6O10S2. The average molecular weight is 959 g/mol. The summed E-state index contributed by atoms with van der Waals surface area (Å²) in [6, 6.07) is 6.59. The van der Waals surface area contributed by atoms with Gasteiger partial charge in [-0.25, -0.2) is 14.6 Å². The number of aliphatic hydroxyl groups is 1. The topological polar surface area (TPSA) is 204 Å². The van der Waals surface area contributed by atoms with Crippen LogP contribution in [0.25, 0.3) is 22.3 Å². The fraction of sp³-hybridized carbons (Fsp3) is 0.571. The Kier molecular flexibility index (Phi) is 15.8. The van der Waals surface area contributed by atoms with Crippen LogP contribution in [0.1, 0.15) is 113 Å². The second kappa shape index (κ2) is 21.7. The maximum absolute atomic E-state index is 13.9. The minimum Gasteiger partial charge on any atom is -0.458 e. The molecule has 0 bridgehead atoms. The molecule has 0 saturated carbocycles. The molecule has 0 radical (unpaired) electrons. The lowest BCUT2D eigenvalue weighted by atomic mass is 9.86. The molecule has 3 N–H and O–H groups in total. The summed E-state index contributed by atoms with van der Waals surface area (Å²) >= 11 is 0. The summed E-state index contributed by atoms with van der Waals surface area (Å²) < 4.78 is 18.8. The van der Waals surface area contributed by atoms with Crippen molar-refractivity contribution in [2.75, 3.05) is 44.4 Å². The fourth-order valence-electron chi connectivity index (χ4n) is 10.2. The normalized spacial score (nSPS) is 21.3. The lowest BCUT2D eigenvalue weighted by Gasteiger charge is -2.48. The summed E-state index contributed by atoms with van der Waals surface area (Å²) in [4.78, 5) is 87.8. The van der Waals surface area contributed by atoms with E-state index in [4.69, 9.17) is 24.9 Å². The first kappa shape index (κ1) is 48.7. The van der Waals surface area contributed by atoms with E-state index in [1.807, 2.05) is 24.0 Å². The number of amides is 4. The van der Waals surface area contributed by atoms with Gasteiger partial charge in [0.25, 0.3) is 17.4 Å². The standard InChI is InChI=1S/C49H62N6O10S2/c1-3-33-34-24-32(16-17-38(34)51-45-35(33)27-54-39(45)25-37-36(46(54)59)28-64-47(60)49(37,62)4-2)65-48(61)53-21-20-52(40-29-66-67-30-41(40)53)42(56)15-11-6-5-8-12-22-63-23-13-9-7-10-14-31(26-50)55-43(57)18-19-44(55)58/h16-19,24-25,31,40-41,62H,3-15,20-23,26-30,50H2,1-2H3/t31?,40-,41+,49-/m0/s1. The van der Waals surface area contributed by atoms with E-state index >= 15 is 0 Å². The van der Waals surface area contributed by atoms with Crippen molar-refractivity contribution in [2.45, 2.75) is 134 Å². The molecule has 5 aliphatic heterocycles. The molecule has 67 heavy (non-hydrogen) atoms. The Hall–Kier alpha value is -4.75. The van der Waals surface area contributed by atoms with Gasteiger partial charge in [-0.2, -0.15) is 0 Å². The number of piperazine rings is 1. The van der Waals surface area contributed by atoms with Crippen LogP contribution in [0.2, 0.25) is 0 Å². The number of fused-ring (bicyclic) bond motifs is 6. The lowest BCUT2D eigenvalue weighted by molar-refractivity contribution is -0.172. The third-order valence-corrected chi connectivity index (χ3v) is 16.5. The minimum absolute atomic E-state index is 0.0630. The van der Waals surface area contributed by atoms with Crippen LogP contribution in [0.15, 0.2) is 41.2 Å². The van der Waals surface area contributed by atoms with Crippen molar-refractivity contribution >= 4 is 62.3 Å². The van der Waals surface area contributed by atoms with Crippen molar-refractivity contribution in [1.82, 2.24) is 24.3 Å². The number of pyridine rings is 2. The van der Waals surface area contributed by atoms with Gasteiger partial charge in [-0.1, -0.05) is 74.0 Å². The van der Waals surface area contributed by atoms with E-state index in [0.717, 1.165) is 93.1 Å². The molecule has 1 unspecified atom stereocenters. The van der Waals surface area contributed by atoms with Gasteiger partial charge in [-0.3, -0.25) is 24.1 Å². The largest absolute Gasteiger partial charge is 0.458 e. The highest BCUT2D eigenvalue weighted by Gasteiger charge is 2.46. The zero-order chi connectivity index (χ0) is 47.2. The van der Waals surface area contributed by atoms with Crippen molar-refractivity contribution in [1.29, 1.82) is 0 Å². The molecule has 2 aromatic heterocycles. The number of ether oxygens (including phenoxy) is 3. The van der Waals surface area contributed by atoms with Crippen LogP contribution in [-0.4, -0.2) is 122 Å². The number of rotatable bonds is 20. The number of esters is 1. The molecule has 2 saturated heterocycles. The van der Waals surface area contributed by atoms with Crippen LogP contribution in [0.4, 0.5) is 4.79 Å². The van der Waals surface area contributed by atoms with Gasteiger partial charge < -0.3 is 39.4 Å². The number of carbonyl (C=O) groups is 5. The first-order valence-corrected chi connectivity index (χ1v) is 26.5. The zero-order valence-electron chi connectivity index (χ0n) is 38.5. The smallest absolute Gasteiger partial charge is 0.415 e. The maximum Gasteiger partial charge on any atom is 0.415 e. The number of hydrogen-bond donors (Lipinski definition) is 2. The molecule has 4 atom stereocenters. The summed E-state index contributed by atoms with van der Waals surface area (Å²) in [5.74, 6) is 0.647. The molecule has 360 valence electrons. The SMILES string of the molecule is CCc1c2c(nc3ccc(OC(=O)N4CCN(C(=O)CCCCCCCOCCCCCCC(CN)N5C(=O)C=CC5=O)[C@H]5CSSC[C@H]54)cc13)-c1cc3c(c(=O)n1C2)COC(=O)[C@]3(O)CC. The van der Waals surface area contributed by atoms with E-state index in [0.29, 0.717) is 60.9 Å². The fourth-order valence-corrected chi connectivity index (χ4v) is 12.9. The van der Waals surface area contributed by atoms with Gasteiger partial charge in [0.05, 0.1) is 47.1 Å². The molecule has 8 rings (SSSR count). The number of unbranched alkanes of at least 4 members (excludes halogenated alkanes) is 7. The summed E-state index contributed by atoms with van der Waals surface area (Å²) in [7, 11) is 3.45. The predicted molar refractivity (Wildman–Crippen MR) is 256 cm³/mol. The third-order valence-electron chi connectivity index (χ3n) is 14.0. The first-order valence-electron chi connectivity index (χ1n) is 24.0. The summed E-state index contributed by atoms with van der Waals surface area (Å²) in [6.45, 7) is 6.35. The molecule has 1 aromatic carbocycles. The third kappa shape index (κ3) is 10.1. The average Bonchev–Trinajstić information content (AvgIpc) is 3.88. The number of nitrogens with two attached hydrogens (primary N) is 1. The van der Waals surface area contributed by atoms with Crippen LogP contribution < -0.4 is 16.0 Å². The number of aryl methyl sites for hydroxylation is 1. The Morgan fingerprint density at radius 1 is 0.896 bits per heavy atom. The van der Waals surface area contributed by atoms with E-state index < -0.39 is 17.7 Å². The Bertz CT molecular complexity index is 2460. The number of aromatic nitrogens is 2. The molecule has 0 aliphatic carbocycles. The van der Waals surface area contributed by atoms with Crippen LogP contribution >= 0.6 is 21.6 Å². The number of carbonyl (C=O) groups excluding carboxylic acids is 5. The van der Waals surface area contributed by atoms with Gasteiger partial charge in [0.2, 0.25) is 5.91 Å². The first-order chi connectivity index (χ1) is 32.5. The molecule has 7 heterocycles. The van der Waals surface area contributed by atoms with Crippen molar-refractivity contribution < 1.29 is 43.3 Å². The van der Waals surface area contributed by atoms with Gasteiger partial charge in [0.1, 0.15) is 12.4 Å². The zero-order valence-corrected chi connectivity index (χ0v) is 40.1. The second-order valence-corrected chi connectivity index (χ2v) is 20.6. The highest BCUT2D eigenvalue weighted by Crippen LogP contribution is 2.41. The summed E-state index contributed by atoms with van der Waals surface area (Å²) in [5.41, 5.74) is 7.83. The van der Waals surface area contributed by atoms with Crippen LogP contribution in [0, 0.1) is 0 Å². The number of cyclic esters (lactones) is 1. The number of imide groups is 1. The molecule has 5 aliphatic rings. The van der Waals surface area contributed by atoms with Crippen LogP contribution in [0.5, 0.6) is 5.75 Å². The van der Waals surface area contributed by atoms with Crippen LogP contribution in [0.3, 0.4) is 0 Å². The molecule has 4 amide bonds. The summed E-state index contributed by atoms with van der Waals surface area (Å²) in [6.07, 6.45) is 12.8. The minimum atomic E-state index is -1.91. The molecule has 18 heteroatoms. The number of nitrogens with zero attached hydrogens (tertiary/aromatic N) is 5. The number of benzene rings is 1. The highest BCUT2D eigenvalue weighted by atomic mass is 33.1. The monoisotopic (exact) mass is 958 g/mol. The molecule has 16 nitrogen and oxygen atoms in total. The molecular weight excluding hydrogens is 897 g/mol. The molecule has 3 aromatic rings. The second-order valence-electron chi connectivity index (χ2n) is 18.0. The van der Waals surface area contributed by atoms with Gasteiger partial charge >= 0.3 is 12.1 Å². The Balaban J connectivity index is 0.776. The van der Waals surface area contributed by atoms with Gasteiger partial charge in [-0.15, -0.1) is 0 Å². The highest BCUT2D eigenvalue weighted by molar-refractivity contribution is 8.76. The Labute approximate surface area is 398 Å². The summed E-state index contributed by atoms with van der Waals surface area (Å²) in [5, 5.41) is 12.1. The quantitative estimate of drug-likeness (QED) is 0.0453. The van der Waals surface area contributed by atoms with E-state index in [1.165, 1.54) is 17.1 Å². The Morgan fingerprint density at radius 3 is 2.27 bits per heavy atom. The predicted octanol–water partition coefficient (Wildman–Crippen LogP) is 5.98. The maximum atomic E-state index is 13.9. The van der Waals surface area contributed by atoms with Gasteiger partial charge in [-0.05, 0) is 68.4 Å². The van der Waals surface area contributed by atoms with E-state index in [2.05, 4.69) is 0 Å². The van der Waals surface area contributed by atoms with Crippen molar-refractivity contribution in [3.63, 3.8) is 0 Å². The Morgan fingerprint density at radius 2 is 1.57 bits per heavy atom. The van der Waals surface area contributed by atoms with Crippen molar-refractivity contribution in [2.24, 2.45) is 5.73 Å². The lowest BCUT2D eigenvalue weighted by Crippen LogP contribution is -2.65. The molecule has 0 spiro atoms. The molecule has 2 fully saturated rings. The van der Waals surface area contributed by atoms with Crippen molar-refractivity contribution in [3.05, 3.63) is 69.0 Å². The van der Waals surface area contributed by atoms with E-state index in [-0.39, 0.29) is 78.7 Å². The van der Waals surface area contributed by atoms with Crippen LogP contribution in [-0.2, 0) is 53.8 Å². The van der Waals surface area contributed by atoms with Gasteiger partial charge in [0.15, 0.2) is 5.60 Å². The van der Waals surface area contributed by atoms with Gasteiger partial charge in [0, 0.05) is 79.4 Å².